The molecular weight excluding hydrogens is 385 g/mol. The number of aliphatic imine (C=N–C) groups is 2. The summed E-state index contributed by atoms with van der Waals surface area (Å²) in [6.07, 6.45) is -4.61. The number of hydrogen-bond donors (Lipinski definition) is 4. The van der Waals surface area contributed by atoms with Crippen molar-refractivity contribution >= 4 is 47.3 Å². The lowest BCUT2D eigenvalue weighted by Crippen LogP contribution is -2.57. The molecule has 0 bridgehead atoms. The van der Waals surface area contributed by atoms with Gasteiger partial charge in [-0.15, -0.1) is 0 Å². The van der Waals surface area contributed by atoms with Crippen LogP contribution in [0.25, 0.3) is 0 Å². The molecule has 4 heterocycles. The molecule has 0 radical (unpaired) electrons. The van der Waals surface area contributed by atoms with Crippen LogP contribution in [0.2, 0.25) is 0 Å². The SMILES string of the molecule is NC1=NC2C(N=C(Cl)N2[C@H]2O[C@@H]3COP(O)(=S)O[C@H]3[C@H]2O)C(=O)N1. The van der Waals surface area contributed by atoms with Crippen LogP contribution in [-0.2, 0) is 30.4 Å². The fraction of sp³-hybridized carbons (Fsp3) is 0.700. The number of nitrogens with two attached hydrogens (primary N) is 1. The van der Waals surface area contributed by atoms with Gasteiger partial charge in [-0.3, -0.25) is 19.5 Å². The van der Waals surface area contributed by atoms with E-state index in [-0.39, 0.29) is 17.9 Å². The first kappa shape index (κ1) is 16.6. The summed E-state index contributed by atoms with van der Waals surface area (Å²) in [7, 11) is 0. The second kappa shape index (κ2) is 5.58. The number of amides is 1. The topological polar surface area (TPSA) is 151 Å². The molecule has 4 rings (SSSR count). The maximum absolute atomic E-state index is 12.0. The molecule has 0 aromatic rings. The van der Waals surface area contributed by atoms with Crippen molar-refractivity contribution in [2.24, 2.45) is 15.7 Å². The Morgan fingerprint density at radius 1 is 1.50 bits per heavy atom. The van der Waals surface area contributed by atoms with Gasteiger partial charge in [-0.2, -0.15) is 0 Å². The lowest BCUT2D eigenvalue weighted by molar-refractivity contribution is -0.124. The fourth-order valence-electron chi connectivity index (χ4n) is 3.03. The van der Waals surface area contributed by atoms with E-state index in [1.54, 1.807) is 0 Å². The average molecular weight is 398 g/mol. The third-order valence-corrected chi connectivity index (χ3v) is 5.91. The van der Waals surface area contributed by atoms with E-state index in [0.29, 0.717) is 0 Å². The van der Waals surface area contributed by atoms with Crippen molar-refractivity contribution in [1.82, 2.24) is 10.2 Å². The minimum absolute atomic E-state index is 0.0331. The second-order valence-corrected chi connectivity index (χ2v) is 8.69. The van der Waals surface area contributed by atoms with Gasteiger partial charge in [0.05, 0.1) is 6.61 Å². The Morgan fingerprint density at radius 2 is 2.25 bits per heavy atom. The number of nitrogens with one attached hydrogen (secondary N) is 1. The van der Waals surface area contributed by atoms with Gasteiger partial charge in [-0.25, -0.2) is 9.98 Å². The first-order chi connectivity index (χ1) is 11.3. The van der Waals surface area contributed by atoms with Crippen molar-refractivity contribution in [3.63, 3.8) is 0 Å². The minimum atomic E-state index is -3.42. The molecule has 7 atom stereocenters. The van der Waals surface area contributed by atoms with Crippen molar-refractivity contribution in [3.8, 4) is 0 Å². The number of halogens is 1. The number of nitrogens with zero attached hydrogens (tertiary/aromatic N) is 3. The van der Waals surface area contributed by atoms with Crippen molar-refractivity contribution in [1.29, 1.82) is 0 Å². The standard InChI is InChI=1S/C10H13ClN5O6PS/c11-9-13-3-6(14-10(12)15-7(3)18)16(9)8-4(17)5-2(21-8)1-20-23(19,24)22-5/h2-6,8,17H,1H2,(H,19,24)(H3,12,14,15,18)/t2-,3?,4-,5-,6?,8+,23?/m1/s1. The summed E-state index contributed by atoms with van der Waals surface area (Å²) >= 11 is 10.9. The van der Waals surface area contributed by atoms with Crippen LogP contribution in [0, 0.1) is 0 Å². The molecular formula is C10H13ClN5O6PS. The summed E-state index contributed by atoms with van der Waals surface area (Å²) in [6.45, 7) is -3.45. The van der Waals surface area contributed by atoms with E-state index in [1.165, 1.54) is 4.90 Å². The van der Waals surface area contributed by atoms with Gasteiger partial charge >= 0.3 is 6.72 Å². The van der Waals surface area contributed by atoms with Crippen LogP contribution < -0.4 is 11.1 Å². The van der Waals surface area contributed by atoms with E-state index in [4.69, 9.17) is 42.9 Å². The molecule has 0 aromatic carbocycles. The normalized spacial score (nSPS) is 47.6. The van der Waals surface area contributed by atoms with Gasteiger partial charge in [0.2, 0.25) is 0 Å². The number of aliphatic hydroxyl groups excluding tert-OH is 1. The molecule has 0 saturated carbocycles. The highest BCUT2D eigenvalue weighted by Gasteiger charge is 2.56. The molecule has 3 unspecified atom stereocenters. The smallest absolute Gasteiger partial charge is 0.325 e. The largest absolute Gasteiger partial charge is 0.386 e. The number of amidine groups is 1. The number of rotatable bonds is 1. The molecule has 0 aromatic heterocycles. The molecule has 1 amide bonds. The summed E-state index contributed by atoms with van der Waals surface area (Å²) < 4.78 is 16.0. The minimum Gasteiger partial charge on any atom is -0.386 e. The molecule has 4 aliphatic heterocycles. The number of hydrogen-bond acceptors (Lipinski definition) is 10. The van der Waals surface area contributed by atoms with Crippen molar-refractivity contribution in [3.05, 3.63) is 0 Å². The quantitative estimate of drug-likeness (QED) is 0.284. The van der Waals surface area contributed by atoms with Gasteiger partial charge in [0.1, 0.15) is 18.3 Å². The number of carbonyl (C=O) groups excluding carboxylic acids is 1. The molecule has 4 aliphatic rings. The van der Waals surface area contributed by atoms with E-state index < -0.39 is 49.4 Å². The van der Waals surface area contributed by atoms with Crippen LogP contribution in [0.4, 0.5) is 0 Å². The Kier molecular flexibility index (Phi) is 3.86. The predicted octanol–water partition coefficient (Wildman–Crippen LogP) is -2.25. The monoisotopic (exact) mass is 397 g/mol. The van der Waals surface area contributed by atoms with E-state index >= 15 is 0 Å². The van der Waals surface area contributed by atoms with Gasteiger partial charge in [0.15, 0.2) is 29.7 Å². The van der Waals surface area contributed by atoms with Crippen LogP contribution in [0.3, 0.4) is 0 Å². The van der Waals surface area contributed by atoms with Crippen LogP contribution in [-0.4, -0.2) is 75.4 Å². The Labute approximate surface area is 145 Å². The van der Waals surface area contributed by atoms with Crippen LogP contribution in [0.5, 0.6) is 0 Å². The number of aliphatic hydroxyl groups is 1. The molecule has 132 valence electrons. The first-order valence-corrected chi connectivity index (χ1v) is 9.89. The number of carbonyl (C=O) groups is 1. The maximum atomic E-state index is 12.0. The fourth-order valence-corrected chi connectivity index (χ4v) is 4.78. The Bertz CT molecular complexity index is 707. The third-order valence-electron chi connectivity index (χ3n) is 4.06. The van der Waals surface area contributed by atoms with Crippen LogP contribution >= 0.6 is 18.3 Å². The average Bonchev–Trinajstić information content (AvgIpc) is 2.96. The predicted molar refractivity (Wildman–Crippen MR) is 84.5 cm³/mol. The molecule has 0 aliphatic carbocycles. The lowest BCUT2D eigenvalue weighted by atomic mass is 10.1. The highest BCUT2D eigenvalue weighted by atomic mass is 35.5. The van der Waals surface area contributed by atoms with Gasteiger partial charge in [0, 0.05) is 0 Å². The summed E-state index contributed by atoms with van der Waals surface area (Å²) in [6, 6.07) is -0.899. The Morgan fingerprint density at radius 3 is 3.00 bits per heavy atom. The zero-order valence-corrected chi connectivity index (χ0v) is 14.3. The van der Waals surface area contributed by atoms with Crippen molar-refractivity contribution in [2.45, 2.75) is 36.7 Å². The highest BCUT2D eigenvalue weighted by Crippen LogP contribution is 2.52. The lowest BCUT2D eigenvalue weighted by Gasteiger charge is -2.33. The molecule has 5 N–H and O–H groups in total. The van der Waals surface area contributed by atoms with E-state index in [9.17, 15) is 14.8 Å². The van der Waals surface area contributed by atoms with E-state index in [0.717, 1.165) is 0 Å². The Hall–Kier alpha value is -0.850. The van der Waals surface area contributed by atoms with Crippen molar-refractivity contribution < 1.29 is 28.6 Å². The van der Waals surface area contributed by atoms with E-state index in [1.807, 2.05) is 0 Å². The van der Waals surface area contributed by atoms with Gasteiger partial charge < -0.3 is 25.0 Å². The molecule has 2 fully saturated rings. The summed E-state index contributed by atoms with van der Waals surface area (Å²) in [5, 5.41) is 12.8. The molecule has 14 heteroatoms. The number of guanidine groups is 1. The Balaban J connectivity index is 1.62. The van der Waals surface area contributed by atoms with E-state index in [2.05, 4.69) is 15.3 Å². The summed E-state index contributed by atoms with van der Waals surface area (Å²) in [4.78, 5) is 31.2. The van der Waals surface area contributed by atoms with Crippen LogP contribution in [0.1, 0.15) is 0 Å². The van der Waals surface area contributed by atoms with Gasteiger partial charge in [0.25, 0.3) is 5.91 Å². The van der Waals surface area contributed by atoms with Gasteiger partial charge in [-0.1, -0.05) is 0 Å². The van der Waals surface area contributed by atoms with Gasteiger partial charge in [-0.05, 0) is 23.4 Å². The summed E-state index contributed by atoms with van der Waals surface area (Å²) in [5.41, 5.74) is 5.58. The molecule has 0 spiro atoms. The summed E-state index contributed by atoms with van der Waals surface area (Å²) in [5.74, 6) is -0.536. The zero-order valence-electron chi connectivity index (χ0n) is 11.9. The molecule has 11 nitrogen and oxygen atoms in total. The van der Waals surface area contributed by atoms with Crippen molar-refractivity contribution in [2.75, 3.05) is 6.61 Å². The number of fused-ring (bicyclic) bond motifs is 2. The highest BCUT2D eigenvalue weighted by molar-refractivity contribution is 8.07. The first-order valence-electron chi connectivity index (χ1n) is 6.92. The number of ether oxygens (including phenoxy) is 1. The molecule has 2 saturated heterocycles. The second-order valence-electron chi connectivity index (χ2n) is 5.56. The van der Waals surface area contributed by atoms with Crippen LogP contribution in [0.15, 0.2) is 9.98 Å². The third kappa shape index (κ3) is 2.54. The molecule has 24 heavy (non-hydrogen) atoms. The maximum Gasteiger partial charge on any atom is 0.325 e. The zero-order chi connectivity index (χ0) is 17.2.